The molecule has 0 aromatic heterocycles. The maximum absolute atomic E-state index is 11.1. The van der Waals surface area contributed by atoms with Crippen LogP contribution >= 0.6 is 11.6 Å². The van der Waals surface area contributed by atoms with Gasteiger partial charge < -0.3 is 9.47 Å². The molecule has 1 rings (SSSR count). The van der Waals surface area contributed by atoms with Gasteiger partial charge in [-0.2, -0.15) is 0 Å². The highest BCUT2D eigenvalue weighted by Crippen LogP contribution is 2.15. The lowest BCUT2D eigenvalue weighted by molar-refractivity contribution is -0.187. The molecular weight excluding hydrogens is 192 g/mol. The molecule has 1 fully saturated rings. The molecule has 0 bridgehead atoms. The second-order valence-electron chi connectivity index (χ2n) is 3.17. The molecule has 76 valence electrons. The van der Waals surface area contributed by atoms with Crippen molar-refractivity contribution in [1.29, 1.82) is 0 Å². The molecule has 0 spiro atoms. The minimum absolute atomic E-state index is 0.00782. The van der Waals surface area contributed by atoms with Crippen molar-refractivity contribution in [2.45, 2.75) is 38.6 Å². The summed E-state index contributed by atoms with van der Waals surface area (Å²) in [5.41, 5.74) is 0. The van der Waals surface area contributed by atoms with Gasteiger partial charge in [-0.25, -0.2) is 0 Å². The quantitative estimate of drug-likeness (QED) is 0.658. The number of hydrogen-bond acceptors (Lipinski definition) is 3. The highest BCUT2D eigenvalue weighted by Gasteiger charge is 2.20. The first-order valence-electron chi connectivity index (χ1n) is 4.59. The molecule has 0 saturated carbocycles. The summed E-state index contributed by atoms with van der Waals surface area (Å²) < 4.78 is 10.7. The van der Waals surface area contributed by atoms with Crippen molar-refractivity contribution in [2.75, 3.05) is 12.5 Å². The monoisotopic (exact) mass is 206 g/mol. The van der Waals surface area contributed by atoms with E-state index in [9.17, 15) is 4.79 Å². The zero-order chi connectivity index (χ0) is 9.68. The van der Waals surface area contributed by atoms with Crippen LogP contribution in [0.1, 0.15) is 26.2 Å². The summed E-state index contributed by atoms with van der Waals surface area (Å²) in [6.45, 7) is 2.44. The second kappa shape index (κ2) is 5.58. The van der Waals surface area contributed by atoms with Crippen LogP contribution in [0.2, 0.25) is 0 Å². The summed E-state index contributed by atoms with van der Waals surface area (Å²) >= 11 is 5.39. The molecule has 1 aliphatic rings. The first-order chi connectivity index (χ1) is 6.24. The molecule has 0 N–H and O–H groups in total. The smallest absolute Gasteiger partial charge is 0.176 e. The van der Waals surface area contributed by atoms with E-state index in [4.69, 9.17) is 21.1 Å². The van der Waals surface area contributed by atoms with Gasteiger partial charge in [0.05, 0.1) is 5.88 Å². The summed E-state index contributed by atoms with van der Waals surface area (Å²) in [7, 11) is 0. The van der Waals surface area contributed by atoms with Crippen LogP contribution in [0.5, 0.6) is 0 Å². The Bertz CT molecular complexity index is 166. The summed E-state index contributed by atoms with van der Waals surface area (Å²) in [5.74, 6) is -0.0794. The molecular formula is C9H15ClO3. The van der Waals surface area contributed by atoms with E-state index >= 15 is 0 Å². The van der Waals surface area contributed by atoms with Crippen LogP contribution in [0, 0.1) is 0 Å². The van der Waals surface area contributed by atoms with Gasteiger partial charge in [-0.1, -0.05) is 0 Å². The third kappa shape index (κ3) is 3.63. The molecule has 2 unspecified atom stereocenters. The Morgan fingerprint density at radius 3 is 3.00 bits per heavy atom. The van der Waals surface area contributed by atoms with E-state index in [1.165, 1.54) is 0 Å². The minimum Gasteiger partial charge on any atom is -0.353 e. The molecule has 1 aliphatic heterocycles. The molecule has 0 aliphatic carbocycles. The standard InChI is InChI=1S/C9H15ClO3/c1-7(8(11)6-10)13-9-4-2-3-5-12-9/h7,9H,2-6H2,1H3. The van der Waals surface area contributed by atoms with Gasteiger partial charge in [0.1, 0.15) is 6.10 Å². The first kappa shape index (κ1) is 11.0. The second-order valence-corrected chi connectivity index (χ2v) is 3.44. The van der Waals surface area contributed by atoms with Crippen LogP contribution in [-0.4, -0.2) is 30.7 Å². The van der Waals surface area contributed by atoms with Crippen LogP contribution in [0.25, 0.3) is 0 Å². The van der Waals surface area contributed by atoms with Crippen LogP contribution in [0.4, 0.5) is 0 Å². The van der Waals surface area contributed by atoms with Crippen molar-refractivity contribution < 1.29 is 14.3 Å². The number of halogens is 1. The zero-order valence-electron chi connectivity index (χ0n) is 7.79. The van der Waals surface area contributed by atoms with Gasteiger partial charge in [0.25, 0.3) is 0 Å². The Morgan fingerprint density at radius 2 is 2.46 bits per heavy atom. The molecule has 2 atom stereocenters. The van der Waals surface area contributed by atoms with E-state index in [1.807, 2.05) is 0 Å². The maximum Gasteiger partial charge on any atom is 0.176 e. The number of hydrogen-bond donors (Lipinski definition) is 0. The topological polar surface area (TPSA) is 35.5 Å². The number of carbonyl (C=O) groups is 1. The van der Waals surface area contributed by atoms with Gasteiger partial charge in [-0.3, -0.25) is 4.79 Å². The molecule has 0 amide bonds. The predicted molar refractivity (Wildman–Crippen MR) is 49.9 cm³/mol. The highest BCUT2D eigenvalue weighted by atomic mass is 35.5. The fraction of sp³-hybridized carbons (Fsp3) is 0.889. The largest absolute Gasteiger partial charge is 0.353 e. The molecule has 1 saturated heterocycles. The number of ether oxygens (including phenoxy) is 2. The van der Waals surface area contributed by atoms with Gasteiger partial charge in [-0.15, -0.1) is 11.6 Å². The molecule has 13 heavy (non-hydrogen) atoms. The van der Waals surface area contributed by atoms with Crippen molar-refractivity contribution in [2.24, 2.45) is 0 Å². The molecule has 0 radical (unpaired) electrons. The Morgan fingerprint density at radius 1 is 1.69 bits per heavy atom. The summed E-state index contributed by atoms with van der Waals surface area (Å²) in [5, 5.41) is 0. The van der Waals surface area contributed by atoms with E-state index in [-0.39, 0.29) is 18.0 Å². The van der Waals surface area contributed by atoms with E-state index in [1.54, 1.807) is 6.92 Å². The minimum atomic E-state index is -0.444. The van der Waals surface area contributed by atoms with Gasteiger partial charge >= 0.3 is 0 Å². The number of alkyl halides is 1. The molecule has 0 aromatic carbocycles. The van der Waals surface area contributed by atoms with Crippen LogP contribution in [0.15, 0.2) is 0 Å². The maximum atomic E-state index is 11.1. The average molecular weight is 207 g/mol. The zero-order valence-corrected chi connectivity index (χ0v) is 8.55. The van der Waals surface area contributed by atoms with E-state index in [0.29, 0.717) is 0 Å². The molecule has 0 aromatic rings. The van der Waals surface area contributed by atoms with Gasteiger partial charge in [0.15, 0.2) is 12.1 Å². The first-order valence-corrected chi connectivity index (χ1v) is 5.13. The summed E-state index contributed by atoms with van der Waals surface area (Å²) in [6, 6.07) is 0. The number of Topliss-reactive ketones (excluding diaryl/α,β-unsaturated/α-hetero) is 1. The lowest BCUT2D eigenvalue weighted by Gasteiger charge is -2.25. The molecule has 3 nitrogen and oxygen atoms in total. The fourth-order valence-electron chi connectivity index (χ4n) is 1.23. The van der Waals surface area contributed by atoms with Crippen molar-refractivity contribution in [3.8, 4) is 0 Å². The lowest BCUT2D eigenvalue weighted by Crippen LogP contribution is -2.31. The third-order valence-electron chi connectivity index (χ3n) is 2.08. The Hall–Kier alpha value is -0.120. The van der Waals surface area contributed by atoms with E-state index in [0.717, 1.165) is 25.9 Å². The Kier molecular flexibility index (Phi) is 4.70. The van der Waals surface area contributed by atoms with Crippen molar-refractivity contribution in [1.82, 2.24) is 0 Å². The SMILES string of the molecule is CC(OC1CCCCO1)C(=O)CCl. The highest BCUT2D eigenvalue weighted by molar-refractivity contribution is 6.28. The van der Waals surface area contributed by atoms with Crippen LogP contribution in [-0.2, 0) is 14.3 Å². The Balaban J connectivity index is 2.25. The van der Waals surface area contributed by atoms with E-state index < -0.39 is 6.10 Å². The van der Waals surface area contributed by atoms with E-state index in [2.05, 4.69) is 0 Å². The summed E-state index contributed by atoms with van der Waals surface area (Å²) in [4.78, 5) is 11.1. The normalized spacial score (nSPS) is 25.5. The lowest BCUT2D eigenvalue weighted by atomic mass is 10.2. The Labute approximate surface area is 83.3 Å². The third-order valence-corrected chi connectivity index (χ3v) is 2.34. The molecule has 4 heteroatoms. The van der Waals surface area contributed by atoms with Crippen molar-refractivity contribution in [3.63, 3.8) is 0 Å². The van der Waals surface area contributed by atoms with Crippen LogP contribution in [0.3, 0.4) is 0 Å². The molecule has 1 heterocycles. The number of carbonyl (C=O) groups excluding carboxylic acids is 1. The van der Waals surface area contributed by atoms with Crippen molar-refractivity contribution >= 4 is 17.4 Å². The van der Waals surface area contributed by atoms with Crippen molar-refractivity contribution in [3.05, 3.63) is 0 Å². The average Bonchev–Trinajstić information content (AvgIpc) is 2.18. The summed E-state index contributed by atoms with van der Waals surface area (Å²) in [6.07, 6.45) is 2.40. The van der Waals surface area contributed by atoms with Crippen LogP contribution < -0.4 is 0 Å². The van der Waals surface area contributed by atoms with Gasteiger partial charge in [0, 0.05) is 6.61 Å². The fourth-order valence-corrected chi connectivity index (χ4v) is 1.45. The number of rotatable bonds is 4. The van der Waals surface area contributed by atoms with Gasteiger partial charge in [-0.05, 0) is 26.2 Å². The number of ketones is 1. The van der Waals surface area contributed by atoms with Gasteiger partial charge in [0.2, 0.25) is 0 Å². The predicted octanol–water partition coefficient (Wildman–Crippen LogP) is 1.73.